The smallest absolute Gasteiger partial charge is 0.328 e. The Hall–Kier alpha value is -3.07. The third kappa shape index (κ3) is 2.62. The first-order valence-electron chi connectivity index (χ1n) is 9.15. The molecule has 3 aliphatic rings. The number of methoxy groups -OCH3 is 1. The number of allylic oxidation sites excluding steroid dienone is 1. The summed E-state index contributed by atoms with van der Waals surface area (Å²) < 4.78 is 5.32. The molecule has 28 heavy (non-hydrogen) atoms. The molecule has 0 saturated carbocycles. The van der Waals surface area contributed by atoms with E-state index in [2.05, 4.69) is 0 Å². The van der Waals surface area contributed by atoms with Gasteiger partial charge in [-0.25, -0.2) is 9.79 Å². The molecule has 3 amide bonds. The first kappa shape index (κ1) is 18.3. The summed E-state index contributed by atoms with van der Waals surface area (Å²) >= 11 is 0. The largest absolute Gasteiger partial charge is 0.497 e. The Labute approximate surface area is 163 Å². The van der Waals surface area contributed by atoms with Crippen molar-refractivity contribution in [1.29, 1.82) is 0 Å². The van der Waals surface area contributed by atoms with Crippen LogP contribution in [0.5, 0.6) is 5.75 Å². The zero-order valence-electron chi connectivity index (χ0n) is 16.1. The molecule has 9 heteroatoms. The van der Waals surface area contributed by atoms with E-state index in [0.29, 0.717) is 12.4 Å². The Morgan fingerprint density at radius 1 is 1.29 bits per heavy atom. The van der Waals surface area contributed by atoms with Crippen LogP contribution in [-0.4, -0.2) is 77.2 Å². The van der Waals surface area contributed by atoms with Crippen molar-refractivity contribution in [3.63, 3.8) is 0 Å². The summed E-state index contributed by atoms with van der Waals surface area (Å²) in [5.41, 5.74) is 1.78. The van der Waals surface area contributed by atoms with Crippen LogP contribution < -0.4 is 9.64 Å². The van der Waals surface area contributed by atoms with E-state index in [9.17, 15) is 9.59 Å². The molecule has 1 saturated heterocycles. The van der Waals surface area contributed by atoms with Gasteiger partial charge in [-0.2, -0.15) is 0 Å². The van der Waals surface area contributed by atoms with Gasteiger partial charge in [-0.05, 0) is 25.5 Å². The fourth-order valence-corrected chi connectivity index (χ4v) is 3.86. The minimum Gasteiger partial charge on any atom is -0.497 e. The average molecular weight is 385 g/mol. The molecule has 2 atom stereocenters. The highest BCUT2D eigenvalue weighted by Gasteiger charge is 2.54. The number of likely N-dealkylation sites (N-methyl/N-ethyl adjacent to an activating group) is 1. The van der Waals surface area contributed by atoms with Crippen LogP contribution in [0, 0.1) is 0 Å². The number of hydrogen-bond donors (Lipinski definition) is 1. The lowest BCUT2D eigenvalue weighted by atomic mass is 10.1. The topological polar surface area (TPSA) is 88.9 Å². The van der Waals surface area contributed by atoms with E-state index in [1.165, 1.54) is 9.80 Å². The van der Waals surface area contributed by atoms with Crippen LogP contribution in [-0.2, 0) is 4.79 Å². The summed E-state index contributed by atoms with van der Waals surface area (Å²) in [4.78, 5) is 36.9. The van der Waals surface area contributed by atoms with Gasteiger partial charge < -0.3 is 19.6 Å². The Morgan fingerprint density at radius 2 is 2.07 bits per heavy atom. The van der Waals surface area contributed by atoms with Crippen LogP contribution in [0.15, 0.2) is 41.2 Å². The van der Waals surface area contributed by atoms with Crippen molar-refractivity contribution in [3.05, 3.63) is 36.2 Å². The van der Waals surface area contributed by atoms with Crippen LogP contribution >= 0.6 is 0 Å². The third-order valence-corrected chi connectivity index (χ3v) is 5.24. The summed E-state index contributed by atoms with van der Waals surface area (Å²) in [7, 11) is 3.26. The van der Waals surface area contributed by atoms with Gasteiger partial charge in [-0.1, -0.05) is 6.07 Å². The second-order valence-corrected chi connectivity index (χ2v) is 6.96. The van der Waals surface area contributed by atoms with Gasteiger partial charge in [0.25, 0.3) is 5.91 Å². The molecule has 1 N–H and O–H groups in total. The molecule has 3 aliphatic heterocycles. The summed E-state index contributed by atoms with van der Waals surface area (Å²) in [6, 6.07) is 6.60. The normalized spacial score (nSPS) is 23.7. The highest BCUT2D eigenvalue weighted by molar-refractivity contribution is 6.09. The number of aliphatic hydroxyl groups is 1. The monoisotopic (exact) mass is 385 g/mol. The number of nitrogens with zero attached hydrogens (tertiary/aromatic N) is 5. The number of aliphatic imine (C=N–C) groups is 1. The summed E-state index contributed by atoms with van der Waals surface area (Å²) in [5.74, 6) is 1.04. The molecule has 3 heterocycles. The zero-order chi connectivity index (χ0) is 20.0. The molecule has 1 aromatic carbocycles. The van der Waals surface area contributed by atoms with Gasteiger partial charge in [0.2, 0.25) is 5.96 Å². The number of carbonyl (C=O) groups excluding carboxylic acids is 2. The van der Waals surface area contributed by atoms with Gasteiger partial charge in [0.15, 0.2) is 12.2 Å². The van der Waals surface area contributed by atoms with Crippen molar-refractivity contribution < 1.29 is 19.4 Å². The molecular formula is C19H23N5O4. The minimum absolute atomic E-state index is 0.0804. The van der Waals surface area contributed by atoms with E-state index < -0.39 is 12.2 Å². The molecule has 0 aliphatic carbocycles. The summed E-state index contributed by atoms with van der Waals surface area (Å²) in [6.07, 6.45) is 1.65. The molecule has 0 spiro atoms. The highest BCUT2D eigenvalue weighted by Crippen LogP contribution is 2.37. The molecule has 1 aromatic rings. The molecule has 0 bridgehead atoms. The predicted octanol–water partition coefficient (Wildman–Crippen LogP) is 1.02. The van der Waals surface area contributed by atoms with Crippen molar-refractivity contribution in [2.45, 2.75) is 25.6 Å². The van der Waals surface area contributed by atoms with Crippen LogP contribution in [0.1, 0.15) is 13.3 Å². The molecule has 2 unspecified atom stereocenters. The van der Waals surface area contributed by atoms with Crippen LogP contribution in [0.3, 0.4) is 0 Å². The number of urea groups is 1. The van der Waals surface area contributed by atoms with E-state index in [1.54, 1.807) is 14.2 Å². The number of guanidine groups is 1. The second-order valence-electron chi connectivity index (χ2n) is 6.96. The first-order valence-corrected chi connectivity index (χ1v) is 9.15. The van der Waals surface area contributed by atoms with Crippen molar-refractivity contribution >= 4 is 23.6 Å². The molecule has 9 nitrogen and oxygen atoms in total. The highest BCUT2D eigenvalue weighted by atomic mass is 16.5. The zero-order valence-corrected chi connectivity index (χ0v) is 16.1. The molecule has 0 aromatic heterocycles. The van der Waals surface area contributed by atoms with Crippen molar-refractivity contribution in [1.82, 2.24) is 14.7 Å². The molecular weight excluding hydrogens is 362 g/mol. The second kappa shape index (κ2) is 6.83. The SMILES string of the molecule is COc1cccc(N2C(C)=CN3C2=NC2C3C(=O)N(CCCO)C(=O)N2C)c1. The van der Waals surface area contributed by atoms with E-state index in [1.807, 2.05) is 47.2 Å². The van der Waals surface area contributed by atoms with Crippen molar-refractivity contribution in [3.8, 4) is 5.75 Å². The number of imide groups is 1. The Bertz CT molecular complexity index is 883. The summed E-state index contributed by atoms with van der Waals surface area (Å²) in [5, 5.41) is 9.09. The minimum atomic E-state index is -0.609. The number of ether oxygens (including phenoxy) is 1. The van der Waals surface area contributed by atoms with Crippen LogP contribution in [0.2, 0.25) is 0 Å². The first-order chi connectivity index (χ1) is 13.5. The number of amides is 3. The van der Waals surface area contributed by atoms with Gasteiger partial charge in [0.05, 0.1) is 12.8 Å². The van der Waals surface area contributed by atoms with Crippen molar-refractivity contribution in [2.75, 3.05) is 32.2 Å². The quantitative estimate of drug-likeness (QED) is 0.814. The Balaban J connectivity index is 1.69. The van der Waals surface area contributed by atoms with Gasteiger partial charge >= 0.3 is 6.03 Å². The lowest BCUT2D eigenvalue weighted by Gasteiger charge is -2.40. The van der Waals surface area contributed by atoms with Gasteiger partial charge in [-0.15, -0.1) is 0 Å². The maximum atomic E-state index is 13.1. The van der Waals surface area contributed by atoms with Gasteiger partial charge in [0.1, 0.15) is 5.75 Å². The average Bonchev–Trinajstić information content (AvgIpc) is 3.20. The number of aliphatic hydroxyl groups excluding tert-OH is 1. The lowest BCUT2D eigenvalue weighted by Crippen LogP contribution is -2.64. The number of anilines is 1. The van der Waals surface area contributed by atoms with Crippen LogP contribution in [0.25, 0.3) is 0 Å². The maximum Gasteiger partial charge on any atom is 0.328 e. The number of carbonyl (C=O) groups is 2. The van der Waals surface area contributed by atoms with E-state index in [4.69, 9.17) is 14.8 Å². The van der Waals surface area contributed by atoms with Crippen LogP contribution in [0.4, 0.5) is 10.5 Å². The number of rotatable bonds is 5. The molecule has 148 valence electrons. The number of fused-ring (bicyclic) bond motifs is 3. The van der Waals surface area contributed by atoms with Gasteiger partial charge in [-0.3, -0.25) is 14.6 Å². The Morgan fingerprint density at radius 3 is 2.79 bits per heavy atom. The fourth-order valence-electron chi connectivity index (χ4n) is 3.86. The standard InChI is InChI=1S/C19H23N5O4/c1-12-11-23-15-16(21(2)19(27)22(17(15)26)8-5-9-25)20-18(23)24(12)13-6-4-7-14(10-13)28-3/h4,6-7,10-11,15-16,25H,5,8-9H2,1-3H3. The molecule has 0 radical (unpaired) electrons. The molecule has 4 rings (SSSR count). The number of hydrogen-bond acceptors (Lipinski definition) is 7. The van der Waals surface area contributed by atoms with Crippen molar-refractivity contribution in [2.24, 2.45) is 4.99 Å². The molecule has 1 fully saturated rings. The fraction of sp³-hybridized carbons (Fsp3) is 0.421. The van der Waals surface area contributed by atoms with E-state index in [-0.39, 0.29) is 25.1 Å². The van der Waals surface area contributed by atoms with E-state index >= 15 is 0 Å². The van der Waals surface area contributed by atoms with E-state index in [0.717, 1.165) is 17.1 Å². The van der Waals surface area contributed by atoms with Gasteiger partial charge in [0, 0.05) is 38.2 Å². The maximum absolute atomic E-state index is 13.1. The lowest BCUT2D eigenvalue weighted by molar-refractivity contribution is -0.136. The predicted molar refractivity (Wildman–Crippen MR) is 103 cm³/mol. The number of benzene rings is 1. The summed E-state index contributed by atoms with van der Waals surface area (Å²) in [6.45, 7) is 2.05. The third-order valence-electron chi connectivity index (χ3n) is 5.24. The Kier molecular flexibility index (Phi) is 4.46.